The molecule has 0 saturated heterocycles. The molecule has 1 aromatic rings. The third kappa shape index (κ3) is 8.77. The molecular weight excluding hydrogens is 258 g/mol. The summed E-state index contributed by atoms with van der Waals surface area (Å²) in [7, 11) is 0. The Morgan fingerprint density at radius 1 is 0.905 bits per heavy atom. The van der Waals surface area contributed by atoms with Gasteiger partial charge in [-0.15, -0.1) is 0 Å². The maximum Gasteiger partial charge on any atom is 0.0681 e. The van der Waals surface area contributed by atoms with Crippen LogP contribution in [0, 0.1) is 0 Å². The van der Waals surface area contributed by atoms with Gasteiger partial charge in [-0.3, -0.25) is 0 Å². The minimum absolute atomic E-state index is 0.119. The van der Waals surface area contributed by atoms with Crippen LogP contribution in [0.5, 0.6) is 0 Å². The number of rotatable bonds is 12. The summed E-state index contributed by atoms with van der Waals surface area (Å²) in [5.74, 6) is 0. The zero-order chi connectivity index (χ0) is 15.3. The van der Waals surface area contributed by atoms with Gasteiger partial charge >= 0.3 is 0 Å². The zero-order valence-corrected chi connectivity index (χ0v) is 13.9. The summed E-state index contributed by atoms with van der Waals surface area (Å²) in [6.07, 6.45) is 12.3. The van der Waals surface area contributed by atoms with Crippen molar-refractivity contribution in [3.63, 3.8) is 0 Å². The fourth-order valence-electron chi connectivity index (χ4n) is 2.65. The zero-order valence-electron chi connectivity index (χ0n) is 13.9. The predicted octanol–water partition coefficient (Wildman–Crippen LogP) is 5.51. The van der Waals surface area contributed by atoms with Gasteiger partial charge in [0.05, 0.1) is 6.61 Å². The highest BCUT2D eigenvalue weighted by molar-refractivity contribution is 5.45. The Morgan fingerprint density at radius 3 is 2.05 bits per heavy atom. The molecule has 0 aliphatic heterocycles. The highest BCUT2D eigenvalue weighted by Crippen LogP contribution is 2.14. The largest absolute Gasteiger partial charge is 0.392 e. The van der Waals surface area contributed by atoms with E-state index in [2.05, 4.69) is 31.3 Å². The van der Waals surface area contributed by atoms with Crippen LogP contribution in [0.4, 0.5) is 5.69 Å². The molecule has 0 fully saturated rings. The fraction of sp³-hybridized carbons (Fsp3) is 0.684. The molecule has 2 N–H and O–H groups in total. The Labute approximate surface area is 131 Å². The lowest BCUT2D eigenvalue weighted by Gasteiger charge is -2.15. The number of hydrogen-bond donors (Lipinski definition) is 2. The van der Waals surface area contributed by atoms with Crippen molar-refractivity contribution in [3.8, 4) is 0 Å². The van der Waals surface area contributed by atoms with Crippen LogP contribution in [0.3, 0.4) is 0 Å². The normalized spacial score (nSPS) is 12.3. The van der Waals surface area contributed by atoms with Crippen molar-refractivity contribution in [1.82, 2.24) is 0 Å². The Morgan fingerprint density at radius 2 is 1.48 bits per heavy atom. The SMILES string of the molecule is CCCCCCCCCCC(C)Nc1ccc(CO)cc1. The van der Waals surface area contributed by atoms with E-state index in [4.69, 9.17) is 5.11 Å². The van der Waals surface area contributed by atoms with Gasteiger partial charge in [0, 0.05) is 11.7 Å². The number of nitrogens with one attached hydrogen (secondary N) is 1. The average molecular weight is 291 g/mol. The van der Waals surface area contributed by atoms with Gasteiger partial charge in [0.15, 0.2) is 0 Å². The monoisotopic (exact) mass is 291 g/mol. The lowest BCUT2D eigenvalue weighted by Crippen LogP contribution is -2.14. The lowest BCUT2D eigenvalue weighted by molar-refractivity contribution is 0.282. The van der Waals surface area contributed by atoms with Gasteiger partial charge in [-0.25, -0.2) is 0 Å². The van der Waals surface area contributed by atoms with Crippen LogP contribution in [0.15, 0.2) is 24.3 Å². The van der Waals surface area contributed by atoms with Crippen molar-refractivity contribution < 1.29 is 5.11 Å². The first-order valence-corrected chi connectivity index (χ1v) is 8.72. The second-order valence-electron chi connectivity index (χ2n) is 6.16. The van der Waals surface area contributed by atoms with Crippen LogP contribution in [0.2, 0.25) is 0 Å². The highest BCUT2D eigenvalue weighted by atomic mass is 16.3. The molecule has 1 unspecified atom stereocenters. The molecule has 0 heterocycles. The van der Waals surface area contributed by atoms with Crippen LogP contribution in [0.25, 0.3) is 0 Å². The maximum atomic E-state index is 9.02. The molecule has 2 heteroatoms. The van der Waals surface area contributed by atoms with Gasteiger partial charge in [-0.1, -0.05) is 70.4 Å². The third-order valence-electron chi connectivity index (χ3n) is 4.04. The Bertz CT molecular complexity index is 347. The van der Waals surface area contributed by atoms with E-state index in [0.717, 1.165) is 11.3 Å². The second-order valence-corrected chi connectivity index (χ2v) is 6.16. The third-order valence-corrected chi connectivity index (χ3v) is 4.04. The quantitative estimate of drug-likeness (QED) is 0.498. The first kappa shape index (κ1) is 18.0. The van der Waals surface area contributed by atoms with Crippen molar-refractivity contribution in [3.05, 3.63) is 29.8 Å². The van der Waals surface area contributed by atoms with E-state index in [1.165, 1.54) is 57.8 Å². The molecule has 2 nitrogen and oxygen atoms in total. The molecule has 120 valence electrons. The van der Waals surface area contributed by atoms with Gasteiger partial charge in [0.25, 0.3) is 0 Å². The highest BCUT2D eigenvalue weighted by Gasteiger charge is 2.02. The summed E-state index contributed by atoms with van der Waals surface area (Å²) < 4.78 is 0. The minimum Gasteiger partial charge on any atom is -0.392 e. The molecular formula is C19H33NO. The number of anilines is 1. The second kappa shape index (κ2) is 11.6. The molecule has 0 aliphatic rings. The van der Waals surface area contributed by atoms with Crippen LogP contribution in [-0.4, -0.2) is 11.1 Å². The van der Waals surface area contributed by atoms with E-state index < -0.39 is 0 Å². The summed E-state index contributed by atoms with van der Waals surface area (Å²) in [6.45, 7) is 4.64. The summed E-state index contributed by atoms with van der Waals surface area (Å²) in [5.41, 5.74) is 2.12. The first-order valence-electron chi connectivity index (χ1n) is 8.72. The number of aliphatic hydroxyl groups is 1. The molecule has 1 rings (SSSR count). The summed E-state index contributed by atoms with van der Waals surface area (Å²) in [4.78, 5) is 0. The Balaban J connectivity index is 2.04. The molecule has 0 aromatic heterocycles. The summed E-state index contributed by atoms with van der Waals surface area (Å²) >= 11 is 0. The Kier molecular flexibility index (Phi) is 9.98. The molecule has 0 radical (unpaired) electrons. The standard InChI is InChI=1S/C19H33NO/c1-3-4-5-6-7-8-9-10-11-17(2)20-19-14-12-18(16-21)13-15-19/h12-15,17,20-21H,3-11,16H2,1-2H3. The van der Waals surface area contributed by atoms with Crippen molar-refractivity contribution in [2.24, 2.45) is 0 Å². The molecule has 0 saturated carbocycles. The van der Waals surface area contributed by atoms with Crippen molar-refractivity contribution in [1.29, 1.82) is 0 Å². The van der Waals surface area contributed by atoms with E-state index in [1.54, 1.807) is 0 Å². The van der Waals surface area contributed by atoms with Crippen LogP contribution >= 0.6 is 0 Å². The van der Waals surface area contributed by atoms with Gasteiger partial charge in [0.2, 0.25) is 0 Å². The molecule has 1 atom stereocenters. The van der Waals surface area contributed by atoms with Gasteiger partial charge in [-0.05, 0) is 31.0 Å². The number of hydrogen-bond acceptors (Lipinski definition) is 2. The van der Waals surface area contributed by atoms with Crippen molar-refractivity contribution in [2.75, 3.05) is 5.32 Å². The maximum absolute atomic E-state index is 9.02. The van der Waals surface area contributed by atoms with Gasteiger partial charge in [0.1, 0.15) is 0 Å². The Hall–Kier alpha value is -1.02. The van der Waals surface area contributed by atoms with E-state index in [9.17, 15) is 0 Å². The van der Waals surface area contributed by atoms with Crippen molar-refractivity contribution >= 4 is 5.69 Å². The molecule has 0 bridgehead atoms. The first-order chi connectivity index (χ1) is 10.3. The van der Waals surface area contributed by atoms with E-state index in [0.29, 0.717) is 6.04 Å². The molecule has 21 heavy (non-hydrogen) atoms. The number of unbranched alkanes of at least 4 members (excludes halogenated alkanes) is 7. The average Bonchev–Trinajstić information content (AvgIpc) is 2.50. The van der Waals surface area contributed by atoms with Gasteiger partial charge < -0.3 is 10.4 Å². The molecule has 0 spiro atoms. The van der Waals surface area contributed by atoms with Crippen molar-refractivity contribution in [2.45, 2.75) is 84.3 Å². The topological polar surface area (TPSA) is 32.3 Å². The van der Waals surface area contributed by atoms with E-state index >= 15 is 0 Å². The van der Waals surface area contributed by atoms with E-state index in [-0.39, 0.29) is 6.61 Å². The fourth-order valence-corrected chi connectivity index (χ4v) is 2.65. The van der Waals surface area contributed by atoms with Gasteiger partial charge in [-0.2, -0.15) is 0 Å². The van der Waals surface area contributed by atoms with Crippen LogP contribution in [0.1, 0.15) is 77.2 Å². The minimum atomic E-state index is 0.119. The number of aliphatic hydroxyl groups excluding tert-OH is 1. The predicted molar refractivity (Wildman–Crippen MR) is 92.7 cm³/mol. The summed E-state index contributed by atoms with van der Waals surface area (Å²) in [6, 6.07) is 8.58. The van der Waals surface area contributed by atoms with Crippen LogP contribution in [-0.2, 0) is 6.61 Å². The molecule has 0 amide bonds. The molecule has 1 aromatic carbocycles. The smallest absolute Gasteiger partial charge is 0.0681 e. The molecule has 0 aliphatic carbocycles. The summed E-state index contributed by atoms with van der Waals surface area (Å²) in [5, 5.41) is 12.6. The van der Waals surface area contributed by atoms with Crippen LogP contribution < -0.4 is 5.32 Å². The number of benzene rings is 1. The van der Waals surface area contributed by atoms with E-state index in [1.807, 2.05) is 12.1 Å². The lowest BCUT2D eigenvalue weighted by atomic mass is 10.0.